The van der Waals surface area contributed by atoms with Crippen molar-refractivity contribution < 1.29 is 13.3 Å². The summed E-state index contributed by atoms with van der Waals surface area (Å²) in [7, 11) is 0. The van der Waals surface area contributed by atoms with Gasteiger partial charge >= 0.3 is 0 Å². The summed E-state index contributed by atoms with van der Waals surface area (Å²) in [5.74, 6) is -0.185. The van der Waals surface area contributed by atoms with Crippen LogP contribution in [-0.4, -0.2) is 5.16 Å². The first-order chi connectivity index (χ1) is 8.15. The molecule has 1 aliphatic rings. The summed E-state index contributed by atoms with van der Waals surface area (Å²) in [5, 5.41) is 3.67. The van der Waals surface area contributed by atoms with Crippen molar-refractivity contribution >= 4 is 5.82 Å². The highest BCUT2D eigenvalue weighted by Crippen LogP contribution is 2.46. The van der Waals surface area contributed by atoms with Crippen molar-refractivity contribution in [2.75, 3.05) is 5.73 Å². The van der Waals surface area contributed by atoms with Gasteiger partial charge in [0.05, 0.1) is 5.56 Å². The number of hydrogen-bond acceptors (Lipinski definition) is 3. The van der Waals surface area contributed by atoms with E-state index in [0.29, 0.717) is 16.9 Å². The average molecular weight is 236 g/mol. The van der Waals surface area contributed by atoms with Gasteiger partial charge in [-0.15, -0.1) is 0 Å². The zero-order valence-corrected chi connectivity index (χ0v) is 8.91. The fourth-order valence-corrected chi connectivity index (χ4v) is 1.93. The maximum absolute atomic E-state index is 13.2. The van der Waals surface area contributed by atoms with Crippen molar-refractivity contribution in [1.82, 2.24) is 5.16 Å². The minimum atomic E-state index is -0.637. The van der Waals surface area contributed by atoms with Gasteiger partial charge in [-0.1, -0.05) is 5.16 Å². The summed E-state index contributed by atoms with van der Waals surface area (Å²) in [4.78, 5) is 0. The molecule has 0 bridgehead atoms. The van der Waals surface area contributed by atoms with Crippen molar-refractivity contribution in [2.24, 2.45) is 0 Å². The molecule has 3 nitrogen and oxygen atoms in total. The molecule has 1 saturated carbocycles. The standard InChI is InChI=1S/C12H10F2N2O/c13-8-3-7(4-9(14)5-8)10-11(6-1-2-6)17-16-12(10)15/h3-6H,1-2H2,(H2,15,16). The third-order valence-corrected chi connectivity index (χ3v) is 2.84. The van der Waals surface area contributed by atoms with E-state index >= 15 is 0 Å². The molecule has 0 spiro atoms. The zero-order valence-electron chi connectivity index (χ0n) is 8.91. The third kappa shape index (κ3) is 1.77. The zero-order chi connectivity index (χ0) is 12.0. The molecule has 1 aromatic heterocycles. The Balaban J connectivity index is 2.16. The number of hydrogen-bond donors (Lipinski definition) is 1. The Labute approximate surface area is 96.2 Å². The van der Waals surface area contributed by atoms with E-state index in [9.17, 15) is 8.78 Å². The molecular weight excluding hydrogens is 226 g/mol. The fourth-order valence-electron chi connectivity index (χ4n) is 1.93. The third-order valence-electron chi connectivity index (χ3n) is 2.84. The summed E-state index contributed by atoms with van der Waals surface area (Å²) in [6, 6.07) is 3.29. The summed E-state index contributed by atoms with van der Waals surface area (Å²) < 4.78 is 31.5. The van der Waals surface area contributed by atoms with E-state index in [-0.39, 0.29) is 11.7 Å². The second-order valence-corrected chi connectivity index (χ2v) is 4.24. The molecule has 0 radical (unpaired) electrons. The van der Waals surface area contributed by atoms with Gasteiger partial charge in [0.15, 0.2) is 5.82 Å². The highest BCUT2D eigenvalue weighted by molar-refractivity contribution is 5.76. The number of aromatic nitrogens is 1. The van der Waals surface area contributed by atoms with Gasteiger partial charge in [-0.3, -0.25) is 0 Å². The van der Waals surface area contributed by atoms with Crippen LogP contribution in [0.3, 0.4) is 0 Å². The van der Waals surface area contributed by atoms with Crippen LogP contribution < -0.4 is 5.73 Å². The van der Waals surface area contributed by atoms with E-state index in [1.165, 1.54) is 12.1 Å². The maximum atomic E-state index is 13.2. The van der Waals surface area contributed by atoms with E-state index < -0.39 is 11.6 Å². The fraction of sp³-hybridized carbons (Fsp3) is 0.250. The van der Waals surface area contributed by atoms with Crippen LogP contribution in [0.5, 0.6) is 0 Å². The van der Waals surface area contributed by atoms with Crippen molar-refractivity contribution in [3.63, 3.8) is 0 Å². The lowest BCUT2D eigenvalue weighted by atomic mass is 10.0. The maximum Gasteiger partial charge on any atom is 0.175 e. The van der Waals surface area contributed by atoms with E-state index in [0.717, 1.165) is 18.9 Å². The first-order valence-corrected chi connectivity index (χ1v) is 5.36. The molecule has 88 valence electrons. The number of anilines is 1. The van der Waals surface area contributed by atoms with Crippen LogP contribution in [0.15, 0.2) is 22.7 Å². The molecule has 0 aliphatic heterocycles. The molecule has 3 rings (SSSR count). The van der Waals surface area contributed by atoms with Gasteiger partial charge in [0.2, 0.25) is 0 Å². The molecule has 0 unspecified atom stereocenters. The van der Waals surface area contributed by atoms with E-state index in [2.05, 4.69) is 5.16 Å². The number of nitrogens with two attached hydrogens (primary N) is 1. The van der Waals surface area contributed by atoms with Crippen LogP contribution in [0.2, 0.25) is 0 Å². The molecule has 0 amide bonds. The van der Waals surface area contributed by atoms with E-state index in [4.69, 9.17) is 10.3 Å². The monoisotopic (exact) mass is 236 g/mol. The van der Waals surface area contributed by atoms with Gasteiger partial charge in [-0.2, -0.15) is 0 Å². The lowest BCUT2D eigenvalue weighted by Gasteiger charge is -2.02. The molecule has 2 aromatic rings. The summed E-state index contributed by atoms with van der Waals surface area (Å²) in [5.41, 5.74) is 6.59. The van der Waals surface area contributed by atoms with Crippen molar-refractivity contribution in [2.45, 2.75) is 18.8 Å². The minimum absolute atomic E-state index is 0.178. The second kappa shape index (κ2) is 3.55. The van der Waals surface area contributed by atoms with Crippen LogP contribution >= 0.6 is 0 Å². The molecule has 0 saturated heterocycles. The predicted molar refractivity (Wildman–Crippen MR) is 58.2 cm³/mol. The molecule has 1 heterocycles. The van der Waals surface area contributed by atoms with E-state index in [1.54, 1.807) is 0 Å². The summed E-state index contributed by atoms with van der Waals surface area (Å²) in [6.07, 6.45) is 2.00. The molecule has 0 atom stereocenters. The van der Waals surface area contributed by atoms with E-state index in [1.807, 2.05) is 0 Å². The van der Waals surface area contributed by atoms with Crippen molar-refractivity contribution in [1.29, 1.82) is 0 Å². The SMILES string of the molecule is Nc1noc(C2CC2)c1-c1cc(F)cc(F)c1. The Morgan fingerprint density at radius 3 is 2.41 bits per heavy atom. The lowest BCUT2D eigenvalue weighted by Crippen LogP contribution is -1.91. The normalized spacial score (nSPS) is 15.2. The van der Waals surface area contributed by atoms with Crippen LogP contribution in [0.25, 0.3) is 11.1 Å². The van der Waals surface area contributed by atoms with Gasteiger partial charge < -0.3 is 10.3 Å². The van der Waals surface area contributed by atoms with Gasteiger partial charge in [-0.25, -0.2) is 8.78 Å². The second-order valence-electron chi connectivity index (χ2n) is 4.24. The van der Waals surface area contributed by atoms with Gasteiger partial charge in [0.25, 0.3) is 0 Å². The Bertz CT molecular complexity index is 556. The first kappa shape index (κ1) is 10.3. The Morgan fingerprint density at radius 2 is 1.82 bits per heavy atom. The van der Waals surface area contributed by atoms with Crippen LogP contribution in [0.1, 0.15) is 24.5 Å². The highest BCUT2D eigenvalue weighted by atomic mass is 19.1. The Hall–Kier alpha value is -1.91. The topological polar surface area (TPSA) is 52.0 Å². The van der Waals surface area contributed by atoms with Crippen molar-refractivity contribution in [3.05, 3.63) is 35.6 Å². The number of nitrogens with zero attached hydrogens (tertiary/aromatic N) is 1. The lowest BCUT2D eigenvalue weighted by molar-refractivity contribution is 0.387. The average Bonchev–Trinajstić information content (AvgIpc) is 3.01. The molecule has 1 aromatic carbocycles. The molecule has 2 N–H and O–H groups in total. The number of benzene rings is 1. The summed E-state index contributed by atoms with van der Waals surface area (Å²) in [6.45, 7) is 0. The molecular formula is C12H10F2N2O. The largest absolute Gasteiger partial charge is 0.380 e. The Morgan fingerprint density at radius 1 is 1.18 bits per heavy atom. The van der Waals surface area contributed by atoms with Crippen LogP contribution in [-0.2, 0) is 0 Å². The molecule has 1 aliphatic carbocycles. The van der Waals surface area contributed by atoms with Gasteiger partial charge in [-0.05, 0) is 30.5 Å². The minimum Gasteiger partial charge on any atom is -0.380 e. The van der Waals surface area contributed by atoms with Gasteiger partial charge in [0, 0.05) is 12.0 Å². The summed E-state index contributed by atoms with van der Waals surface area (Å²) >= 11 is 0. The predicted octanol–water partition coefficient (Wildman–Crippen LogP) is 3.08. The number of rotatable bonds is 2. The number of halogens is 2. The Kier molecular flexibility index (Phi) is 2.14. The first-order valence-electron chi connectivity index (χ1n) is 5.36. The van der Waals surface area contributed by atoms with Gasteiger partial charge in [0.1, 0.15) is 17.4 Å². The van der Waals surface area contributed by atoms with Crippen molar-refractivity contribution in [3.8, 4) is 11.1 Å². The quantitative estimate of drug-likeness (QED) is 0.871. The smallest absolute Gasteiger partial charge is 0.175 e. The van der Waals surface area contributed by atoms with Crippen LogP contribution in [0.4, 0.5) is 14.6 Å². The molecule has 17 heavy (non-hydrogen) atoms. The highest BCUT2D eigenvalue weighted by Gasteiger charge is 2.32. The molecule has 5 heteroatoms. The van der Waals surface area contributed by atoms with Crippen LogP contribution in [0, 0.1) is 11.6 Å². The number of nitrogen functional groups attached to an aromatic ring is 1. The molecule has 1 fully saturated rings.